The molecule has 0 aromatic heterocycles. The Morgan fingerprint density at radius 3 is 2.20 bits per heavy atom. The Kier molecular flexibility index (Phi) is 8.72. The van der Waals surface area contributed by atoms with Gasteiger partial charge in [-0.25, -0.2) is 12.7 Å². The van der Waals surface area contributed by atoms with Gasteiger partial charge in [-0.15, -0.1) is 0 Å². The van der Waals surface area contributed by atoms with E-state index < -0.39 is 10.0 Å². The molecule has 1 N–H and O–H groups in total. The molecule has 1 amide bonds. The molecule has 0 aliphatic carbocycles. The van der Waals surface area contributed by atoms with Gasteiger partial charge in [-0.3, -0.25) is 9.79 Å². The number of aliphatic imine (C=N–C) groups is 1. The van der Waals surface area contributed by atoms with Crippen LogP contribution in [0.4, 0.5) is 0 Å². The van der Waals surface area contributed by atoms with Gasteiger partial charge < -0.3 is 10.2 Å². The second kappa shape index (κ2) is 11.4. The Morgan fingerprint density at radius 2 is 1.63 bits per heavy atom. The number of hydrogen-bond acceptors (Lipinski definition) is 5. The molecule has 1 heterocycles. The summed E-state index contributed by atoms with van der Waals surface area (Å²) < 4.78 is 27.9. The Labute approximate surface area is 210 Å². The lowest BCUT2D eigenvalue weighted by atomic mass is 10.0. The number of aryl methyl sites for hydroxylation is 2. The molecule has 0 radical (unpaired) electrons. The van der Waals surface area contributed by atoms with Crippen molar-refractivity contribution in [3.8, 4) is 0 Å². The van der Waals surface area contributed by atoms with Crippen LogP contribution in [0, 0.1) is 27.7 Å². The van der Waals surface area contributed by atoms with Crippen molar-refractivity contribution >= 4 is 21.8 Å². The lowest BCUT2D eigenvalue weighted by Crippen LogP contribution is -2.32. The third-order valence-electron chi connectivity index (χ3n) is 6.89. The van der Waals surface area contributed by atoms with Crippen LogP contribution in [0.3, 0.4) is 0 Å². The second-order valence-electron chi connectivity index (χ2n) is 9.44. The molecule has 8 heteroatoms. The minimum atomic E-state index is -3.62. The molecule has 0 spiro atoms. The molecule has 0 bridgehead atoms. The first-order chi connectivity index (χ1) is 16.5. The standard InChI is InChI=1S/C27H38N4O3S/c1-19-18-20(2)22(4)26(21(19)3)35(33,34)31(6)16-7-8-25(32)30(5)17-13-23-9-11-24(12-10-23)27-28-14-15-29-27/h9-12,18H,7-8,13-17H2,1-6H3,(H,28,29). The number of rotatable bonds is 10. The molecule has 0 saturated carbocycles. The van der Waals surface area contributed by atoms with Gasteiger partial charge in [0.05, 0.1) is 11.4 Å². The maximum atomic E-state index is 13.3. The monoisotopic (exact) mass is 498 g/mol. The predicted molar refractivity (Wildman–Crippen MR) is 142 cm³/mol. The summed E-state index contributed by atoms with van der Waals surface area (Å²) in [5.41, 5.74) is 5.76. The smallest absolute Gasteiger partial charge is 0.243 e. The molecule has 1 aliphatic rings. The average Bonchev–Trinajstić information content (AvgIpc) is 3.36. The van der Waals surface area contributed by atoms with E-state index in [4.69, 9.17) is 0 Å². The van der Waals surface area contributed by atoms with E-state index in [0.29, 0.717) is 30.8 Å². The summed E-state index contributed by atoms with van der Waals surface area (Å²) in [7, 11) is -0.228. The van der Waals surface area contributed by atoms with Crippen molar-refractivity contribution < 1.29 is 13.2 Å². The summed E-state index contributed by atoms with van der Waals surface area (Å²) in [6, 6.07) is 10.3. The number of likely N-dealkylation sites (N-methyl/N-ethyl adjacent to an activating group) is 1. The first-order valence-electron chi connectivity index (χ1n) is 12.2. The van der Waals surface area contributed by atoms with Crippen molar-refractivity contribution in [1.82, 2.24) is 14.5 Å². The van der Waals surface area contributed by atoms with Gasteiger partial charge in [-0.1, -0.05) is 30.3 Å². The minimum Gasteiger partial charge on any atom is -0.368 e. The number of nitrogens with zero attached hydrogens (tertiary/aromatic N) is 3. The van der Waals surface area contributed by atoms with E-state index in [1.165, 1.54) is 4.31 Å². The first kappa shape index (κ1) is 26.9. The van der Waals surface area contributed by atoms with Crippen molar-refractivity contribution in [2.75, 3.05) is 40.3 Å². The molecule has 0 fully saturated rings. The van der Waals surface area contributed by atoms with Crippen LogP contribution in [0.25, 0.3) is 0 Å². The maximum absolute atomic E-state index is 13.3. The van der Waals surface area contributed by atoms with E-state index >= 15 is 0 Å². The minimum absolute atomic E-state index is 0.0238. The van der Waals surface area contributed by atoms with Gasteiger partial charge in [-0.2, -0.15) is 0 Å². The highest BCUT2D eigenvalue weighted by molar-refractivity contribution is 7.89. The molecule has 3 rings (SSSR count). The van der Waals surface area contributed by atoms with Gasteiger partial charge in [0.1, 0.15) is 5.84 Å². The lowest BCUT2D eigenvalue weighted by molar-refractivity contribution is -0.130. The van der Waals surface area contributed by atoms with Gasteiger partial charge in [0.2, 0.25) is 15.9 Å². The fourth-order valence-electron chi connectivity index (χ4n) is 4.33. The predicted octanol–water partition coefficient (Wildman–Crippen LogP) is 3.37. The van der Waals surface area contributed by atoms with Gasteiger partial charge >= 0.3 is 0 Å². The lowest BCUT2D eigenvalue weighted by Gasteiger charge is -2.22. The van der Waals surface area contributed by atoms with Crippen LogP contribution in [0.5, 0.6) is 0 Å². The quantitative estimate of drug-likeness (QED) is 0.545. The highest BCUT2D eigenvalue weighted by atomic mass is 32.2. The van der Waals surface area contributed by atoms with Crippen molar-refractivity contribution in [3.05, 3.63) is 63.7 Å². The van der Waals surface area contributed by atoms with Crippen LogP contribution in [0.2, 0.25) is 0 Å². The number of nitrogens with one attached hydrogen (secondary N) is 1. The van der Waals surface area contributed by atoms with Crippen LogP contribution in [-0.2, 0) is 21.2 Å². The molecule has 7 nitrogen and oxygen atoms in total. The van der Waals surface area contributed by atoms with E-state index in [1.807, 2.05) is 33.8 Å². The van der Waals surface area contributed by atoms with E-state index in [9.17, 15) is 13.2 Å². The fourth-order valence-corrected chi connectivity index (χ4v) is 6.11. The Balaban J connectivity index is 1.49. The normalized spacial score (nSPS) is 13.6. The van der Waals surface area contributed by atoms with Gasteiger partial charge in [-0.05, 0) is 68.4 Å². The van der Waals surface area contributed by atoms with E-state index in [2.05, 4.69) is 34.6 Å². The van der Waals surface area contributed by atoms with E-state index in [1.54, 1.807) is 19.0 Å². The molecule has 2 aromatic rings. The fraction of sp³-hybridized carbons (Fsp3) is 0.481. The Bertz CT molecular complexity index is 1180. The Morgan fingerprint density at radius 1 is 1.00 bits per heavy atom. The van der Waals surface area contributed by atoms with Gasteiger partial charge in [0, 0.05) is 45.7 Å². The zero-order valence-electron chi connectivity index (χ0n) is 21.8. The zero-order chi connectivity index (χ0) is 25.8. The number of amidine groups is 1. The van der Waals surface area contributed by atoms with Crippen molar-refractivity contribution in [2.45, 2.75) is 51.9 Å². The number of amides is 1. The largest absolute Gasteiger partial charge is 0.368 e. The topological polar surface area (TPSA) is 82.1 Å². The van der Waals surface area contributed by atoms with Crippen molar-refractivity contribution in [2.24, 2.45) is 4.99 Å². The third-order valence-corrected chi connectivity index (χ3v) is 9.02. The second-order valence-corrected chi connectivity index (χ2v) is 11.4. The van der Waals surface area contributed by atoms with Crippen LogP contribution >= 0.6 is 0 Å². The molecule has 35 heavy (non-hydrogen) atoms. The number of carbonyl (C=O) groups excluding carboxylic acids is 1. The number of sulfonamides is 1. The number of carbonyl (C=O) groups is 1. The summed E-state index contributed by atoms with van der Waals surface area (Å²) in [6.07, 6.45) is 1.55. The highest BCUT2D eigenvalue weighted by Gasteiger charge is 2.26. The van der Waals surface area contributed by atoms with Crippen LogP contribution in [0.15, 0.2) is 40.2 Å². The molecule has 0 unspecified atom stereocenters. The van der Waals surface area contributed by atoms with E-state index in [-0.39, 0.29) is 5.91 Å². The number of benzene rings is 2. The average molecular weight is 499 g/mol. The van der Waals surface area contributed by atoms with Crippen LogP contribution < -0.4 is 5.32 Å². The molecule has 0 atom stereocenters. The Hall–Kier alpha value is -2.71. The number of hydrogen-bond donors (Lipinski definition) is 1. The van der Waals surface area contributed by atoms with Crippen molar-refractivity contribution in [1.29, 1.82) is 0 Å². The molecular formula is C27H38N4O3S. The summed E-state index contributed by atoms with van der Waals surface area (Å²) >= 11 is 0. The van der Waals surface area contributed by atoms with Crippen LogP contribution in [0.1, 0.15) is 46.2 Å². The third kappa shape index (κ3) is 6.30. The molecular weight excluding hydrogens is 460 g/mol. The van der Waals surface area contributed by atoms with E-state index in [0.717, 1.165) is 58.7 Å². The molecule has 190 valence electrons. The first-order valence-corrected chi connectivity index (χ1v) is 13.6. The SMILES string of the molecule is Cc1cc(C)c(C)c(S(=O)(=O)N(C)CCCC(=O)N(C)CCc2ccc(C3=NCCN3)cc2)c1C. The highest BCUT2D eigenvalue weighted by Crippen LogP contribution is 2.28. The molecule has 2 aromatic carbocycles. The van der Waals surface area contributed by atoms with Gasteiger partial charge in [0.25, 0.3) is 0 Å². The summed E-state index contributed by atoms with van der Waals surface area (Å²) in [4.78, 5) is 19.2. The summed E-state index contributed by atoms with van der Waals surface area (Å²) in [5.74, 6) is 0.967. The van der Waals surface area contributed by atoms with Gasteiger partial charge in [0.15, 0.2) is 0 Å². The summed E-state index contributed by atoms with van der Waals surface area (Å²) in [5, 5.41) is 3.27. The van der Waals surface area contributed by atoms with Crippen LogP contribution in [-0.4, -0.2) is 69.6 Å². The zero-order valence-corrected chi connectivity index (χ0v) is 22.6. The molecule has 0 saturated heterocycles. The molecule has 1 aliphatic heterocycles. The summed E-state index contributed by atoms with van der Waals surface area (Å²) in [6.45, 7) is 10.2. The maximum Gasteiger partial charge on any atom is 0.243 e. The van der Waals surface area contributed by atoms with Crippen molar-refractivity contribution in [3.63, 3.8) is 0 Å².